The molecular weight excluding hydrogens is 295 g/mol. The van der Waals surface area contributed by atoms with E-state index in [-0.39, 0.29) is 10.6 Å². The number of sulfonamides is 1. The number of aryl methyl sites for hydroxylation is 2. The molecule has 0 bridgehead atoms. The van der Waals surface area contributed by atoms with Crippen LogP contribution in [0.2, 0.25) is 0 Å². The van der Waals surface area contributed by atoms with Crippen molar-refractivity contribution in [3.63, 3.8) is 0 Å². The summed E-state index contributed by atoms with van der Waals surface area (Å²) in [5.74, 6) is -0.493. The van der Waals surface area contributed by atoms with E-state index < -0.39 is 15.8 Å². The van der Waals surface area contributed by atoms with Crippen LogP contribution in [0.4, 0.5) is 10.1 Å². The third kappa shape index (κ3) is 3.40. The first-order valence-corrected chi connectivity index (χ1v) is 7.80. The molecule has 0 fully saturated rings. The molecule has 2 aromatic rings. The molecule has 0 saturated carbocycles. The van der Waals surface area contributed by atoms with Gasteiger partial charge >= 0.3 is 0 Å². The number of aromatic nitrogens is 2. The van der Waals surface area contributed by atoms with Crippen molar-refractivity contribution in [3.05, 3.63) is 41.0 Å². The molecule has 1 aromatic carbocycles. The van der Waals surface area contributed by atoms with Gasteiger partial charge in [-0.25, -0.2) is 12.8 Å². The van der Waals surface area contributed by atoms with Gasteiger partial charge in [-0.2, -0.15) is 5.10 Å². The molecule has 21 heavy (non-hydrogen) atoms. The van der Waals surface area contributed by atoms with Crippen molar-refractivity contribution in [2.75, 3.05) is 11.8 Å². The summed E-state index contributed by atoms with van der Waals surface area (Å²) in [5.41, 5.74) is 1.63. The van der Waals surface area contributed by atoms with Gasteiger partial charge in [-0.1, -0.05) is 0 Å². The second kappa shape index (κ2) is 5.82. The standard InChI is InChI=1S/C13H17FN4O2S/c1-8-4-10(14)6-11(5-8)18-21(19,20)13-9(2)16-17-12(13)7-15-3/h4-6,15,18H,7H2,1-3H3,(H,16,17). The van der Waals surface area contributed by atoms with E-state index in [1.54, 1.807) is 27.0 Å². The average Bonchev–Trinajstić information content (AvgIpc) is 2.69. The van der Waals surface area contributed by atoms with Crippen LogP contribution in [0.3, 0.4) is 0 Å². The highest BCUT2D eigenvalue weighted by Crippen LogP contribution is 2.22. The Morgan fingerprint density at radius 1 is 1.29 bits per heavy atom. The maximum absolute atomic E-state index is 13.4. The first-order chi connectivity index (χ1) is 9.83. The van der Waals surface area contributed by atoms with Crippen LogP contribution < -0.4 is 10.0 Å². The van der Waals surface area contributed by atoms with Crippen LogP contribution in [-0.2, 0) is 16.6 Å². The van der Waals surface area contributed by atoms with Gasteiger partial charge in [0.2, 0.25) is 0 Å². The summed E-state index contributed by atoms with van der Waals surface area (Å²) in [6.07, 6.45) is 0. The third-order valence-corrected chi connectivity index (χ3v) is 4.45. The number of anilines is 1. The van der Waals surface area contributed by atoms with E-state index in [1.807, 2.05) is 0 Å². The number of hydrogen-bond donors (Lipinski definition) is 3. The first kappa shape index (κ1) is 15.5. The van der Waals surface area contributed by atoms with Gasteiger partial charge in [0.25, 0.3) is 10.0 Å². The molecule has 3 N–H and O–H groups in total. The van der Waals surface area contributed by atoms with Crippen LogP contribution >= 0.6 is 0 Å². The zero-order chi connectivity index (χ0) is 15.6. The summed E-state index contributed by atoms with van der Waals surface area (Å²) in [7, 11) is -2.14. The third-order valence-electron chi connectivity index (χ3n) is 2.87. The van der Waals surface area contributed by atoms with Gasteiger partial charge in [-0.15, -0.1) is 0 Å². The van der Waals surface area contributed by atoms with Crippen molar-refractivity contribution >= 4 is 15.7 Å². The highest BCUT2D eigenvalue weighted by atomic mass is 32.2. The Kier molecular flexibility index (Phi) is 4.29. The molecule has 8 heteroatoms. The summed E-state index contributed by atoms with van der Waals surface area (Å²) in [6, 6.07) is 4.03. The SMILES string of the molecule is CNCc1n[nH]c(C)c1S(=O)(=O)Nc1cc(C)cc(F)c1. The summed E-state index contributed by atoms with van der Waals surface area (Å²) >= 11 is 0. The molecule has 0 unspecified atom stereocenters. The lowest BCUT2D eigenvalue weighted by Crippen LogP contribution is -2.17. The molecule has 0 saturated heterocycles. The number of nitrogens with one attached hydrogen (secondary N) is 3. The minimum atomic E-state index is -3.84. The second-order valence-corrected chi connectivity index (χ2v) is 6.40. The molecular formula is C13H17FN4O2S. The number of halogens is 1. The predicted octanol–water partition coefficient (Wildman–Crippen LogP) is 1.69. The monoisotopic (exact) mass is 312 g/mol. The quantitative estimate of drug-likeness (QED) is 0.784. The summed E-state index contributed by atoms with van der Waals surface area (Å²) < 4.78 is 40.7. The molecule has 1 aromatic heterocycles. The first-order valence-electron chi connectivity index (χ1n) is 6.32. The minimum Gasteiger partial charge on any atom is -0.314 e. The Hall–Kier alpha value is -1.93. The fourth-order valence-corrected chi connectivity index (χ4v) is 3.52. The van der Waals surface area contributed by atoms with Gasteiger partial charge in [-0.3, -0.25) is 9.82 Å². The lowest BCUT2D eigenvalue weighted by atomic mass is 10.2. The lowest BCUT2D eigenvalue weighted by molar-refractivity contribution is 0.598. The maximum Gasteiger partial charge on any atom is 0.265 e. The van der Waals surface area contributed by atoms with Crippen molar-refractivity contribution in [2.24, 2.45) is 0 Å². The fraction of sp³-hybridized carbons (Fsp3) is 0.308. The van der Waals surface area contributed by atoms with E-state index in [9.17, 15) is 12.8 Å². The van der Waals surface area contributed by atoms with Gasteiger partial charge < -0.3 is 5.32 Å². The van der Waals surface area contributed by atoms with Gasteiger partial charge in [0, 0.05) is 6.54 Å². The van der Waals surface area contributed by atoms with E-state index in [4.69, 9.17) is 0 Å². The largest absolute Gasteiger partial charge is 0.314 e. The molecule has 1 heterocycles. The van der Waals surface area contributed by atoms with E-state index in [0.717, 1.165) is 6.07 Å². The van der Waals surface area contributed by atoms with Gasteiger partial charge in [0.1, 0.15) is 10.7 Å². The van der Waals surface area contributed by atoms with Crippen molar-refractivity contribution in [1.29, 1.82) is 0 Å². The average molecular weight is 312 g/mol. The van der Waals surface area contributed by atoms with Crippen LogP contribution in [-0.4, -0.2) is 25.7 Å². The van der Waals surface area contributed by atoms with E-state index >= 15 is 0 Å². The second-order valence-electron chi connectivity index (χ2n) is 4.78. The van der Waals surface area contributed by atoms with Crippen LogP contribution in [0.1, 0.15) is 17.0 Å². The molecule has 114 valence electrons. The molecule has 6 nitrogen and oxygen atoms in total. The number of nitrogens with zero attached hydrogens (tertiary/aromatic N) is 1. The zero-order valence-corrected chi connectivity index (χ0v) is 12.8. The molecule has 0 radical (unpaired) electrons. The van der Waals surface area contributed by atoms with Crippen molar-refractivity contribution in [3.8, 4) is 0 Å². The van der Waals surface area contributed by atoms with Crippen LogP contribution in [0.5, 0.6) is 0 Å². The fourth-order valence-electron chi connectivity index (χ4n) is 2.11. The Morgan fingerprint density at radius 3 is 2.62 bits per heavy atom. The maximum atomic E-state index is 13.4. The highest BCUT2D eigenvalue weighted by Gasteiger charge is 2.24. The zero-order valence-electron chi connectivity index (χ0n) is 12.0. The summed E-state index contributed by atoms with van der Waals surface area (Å²) in [6.45, 7) is 3.62. The molecule has 0 aliphatic carbocycles. The van der Waals surface area contributed by atoms with E-state index in [2.05, 4.69) is 20.2 Å². The molecule has 0 atom stereocenters. The Bertz CT molecular complexity index is 735. The number of rotatable bonds is 5. The topological polar surface area (TPSA) is 86.9 Å². The van der Waals surface area contributed by atoms with Crippen LogP contribution in [0, 0.1) is 19.7 Å². The Balaban J connectivity index is 2.41. The van der Waals surface area contributed by atoms with Crippen LogP contribution in [0.25, 0.3) is 0 Å². The van der Waals surface area contributed by atoms with Crippen molar-refractivity contribution < 1.29 is 12.8 Å². The van der Waals surface area contributed by atoms with Gasteiger partial charge in [-0.05, 0) is 44.7 Å². The number of benzene rings is 1. The molecule has 0 amide bonds. The number of H-pyrrole nitrogens is 1. The summed E-state index contributed by atoms with van der Waals surface area (Å²) in [4.78, 5) is 0.0822. The molecule has 0 aliphatic rings. The lowest BCUT2D eigenvalue weighted by Gasteiger charge is -2.10. The van der Waals surface area contributed by atoms with E-state index in [0.29, 0.717) is 23.5 Å². The molecule has 0 spiro atoms. The van der Waals surface area contributed by atoms with E-state index in [1.165, 1.54) is 6.07 Å². The van der Waals surface area contributed by atoms with Gasteiger partial charge in [0.15, 0.2) is 0 Å². The molecule has 0 aliphatic heterocycles. The Morgan fingerprint density at radius 2 is 2.00 bits per heavy atom. The van der Waals surface area contributed by atoms with Crippen molar-refractivity contribution in [2.45, 2.75) is 25.3 Å². The molecule has 2 rings (SSSR count). The summed E-state index contributed by atoms with van der Waals surface area (Å²) in [5, 5.41) is 9.48. The minimum absolute atomic E-state index is 0.0822. The number of hydrogen-bond acceptors (Lipinski definition) is 4. The van der Waals surface area contributed by atoms with Crippen molar-refractivity contribution in [1.82, 2.24) is 15.5 Å². The Labute approximate surface area is 122 Å². The predicted molar refractivity (Wildman–Crippen MR) is 78.0 cm³/mol. The smallest absolute Gasteiger partial charge is 0.265 e. The van der Waals surface area contributed by atoms with Gasteiger partial charge in [0.05, 0.1) is 17.1 Å². The highest BCUT2D eigenvalue weighted by molar-refractivity contribution is 7.92. The normalized spacial score (nSPS) is 11.6. The van der Waals surface area contributed by atoms with Crippen LogP contribution in [0.15, 0.2) is 23.1 Å². The number of aromatic amines is 1.